The molecule has 0 aromatic carbocycles. The summed E-state index contributed by atoms with van der Waals surface area (Å²) in [6.45, 7) is 29.5. The van der Waals surface area contributed by atoms with Gasteiger partial charge in [-0.1, -0.05) is 82.6 Å². The Kier molecular flexibility index (Phi) is 4.17. The molecule has 5 rings (SSSR count). The van der Waals surface area contributed by atoms with Gasteiger partial charge in [0.25, 0.3) is 0 Å². The van der Waals surface area contributed by atoms with Crippen LogP contribution < -0.4 is 0 Å². The maximum Gasteiger partial charge on any atom is -0.0120 e. The van der Waals surface area contributed by atoms with Gasteiger partial charge in [-0.2, -0.15) is 0 Å². The quantitative estimate of drug-likeness (QED) is 0.425. The van der Waals surface area contributed by atoms with Crippen molar-refractivity contribution >= 4 is 0 Å². The summed E-state index contributed by atoms with van der Waals surface area (Å²) < 4.78 is 0. The minimum absolute atomic E-state index is 0.461. The number of fused-ring (bicyclic) bond motifs is 2. The van der Waals surface area contributed by atoms with Crippen LogP contribution in [0.25, 0.3) is 0 Å². The molecule has 0 radical (unpaired) electrons. The van der Waals surface area contributed by atoms with E-state index in [9.17, 15) is 0 Å². The molecule has 12 atom stereocenters. The smallest absolute Gasteiger partial charge is 0.0120 e. The fraction of sp³-hybridized carbons (Fsp3) is 1.00. The van der Waals surface area contributed by atoms with Crippen LogP contribution in [0.1, 0.15) is 115 Å². The van der Waals surface area contributed by atoms with Gasteiger partial charge in [0.2, 0.25) is 0 Å². The van der Waals surface area contributed by atoms with Crippen molar-refractivity contribution in [3.05, 3.63) is 0 Å². The normalized spacial score (nSPS) is 64.1. The van der Waals surface area contributed by atoms with Gasteiger partial charge in [0.05, 0.1) is 0 Å². The van der Waals surface area contributed by atoms with Crippen molar-refractivity contribution in [2.24, 2.45) is 73.9 Å². The molecule has 1 spiro atoms. The first kappa shape index (κ1) is 21.8. The molecule has 0 N–H and O–H groups in total. The molecule has 5 aliphatic rings. The van der Waals surface area contributed by atoms with Crippen molar-refractivity contribution < 1.29 is 0 Å². The highest BCUT2D eigenvalue weighted by atomic mass is 15.0. The molecule has 0 aromatic heterocycles. The molecule has 0 saturated heterocycles. The van der Waals surface area contributed by atoms with Gasteiger partial charge in [0.1, 0.15) is 0 Å². The molecule has 0 heteroatoms. The fourth-order valence-corrected chi connectivity index (χ4v) is 13.5. The molecule has 0 heterocycles. The molecule has 5 fully saturated rings. The van der Waals surface area contributed by atoms with Gasteiger partial charge in [-0.15, -0.1) is 0 Å². The van der Waals surface area contributed by atoms with Gasteiger partial charge in [-0.05, 0) is 106 Å². The van der Waals surface area contributed by atoms with Crippen LogP contribution in [0.2, 0.25) is 0 Å². The molecular formula is C30H52. The Hall–Kier alpha value is 0. The molecular weight excluding hydrogens is 360 g/mol. The molecule has 5 saturated carbocycles. The van der Waals surface area contributed by atoms with Crippen LogP contribution in [0.4, 0.5) is 0 Å². The lowest BCUT2D eigenvalue weighted by atomic mass is 9.25. The molecule has 0 bridgehead atoms. The van der Waals surface area contributed by atoms with Crippen molar-refractivity contribution in [3.63, 3.8) is 0 Å². The molecule has 5 aliphatic carbocycles. The number of hydrogen-bond donors (Lipinski definition) is 0. The number of rotatable bonds is 2. The van der Waals surface area contributed by atoms with Gasteiger partial charge in [0, 0.05) is 0 Å². The summed E-state index contributed by atoms with van der Waals surface area (Å²) >= 11 is 0. The predicted molar refractivity (Wildman–Crippen MR) is 129 cm³/mol. The van der Waals surface area contributed by atoms with Crippen molar-refractivity contribution in [3.8, 4) is 0 Å². The van der Waals surface area contributed by atoms with E-state index in [4.69, 9.17) is 0 Å². The minimum Gasteiger partial charge on any atom is -0.0651 e. The summed E-state index contributed by atoms with van der Waals surface area (Å²) in [4.78, 5) is 0. The zero-order chi connectivity index (χ0) is 22.3. The van der Waals surface area contributed by atoms with Gasteiger partial charge in [-0.25, -0.2) is 0 Å². The Labute approximate surface area is 188 Å². The third-order valence-corrected chi connectivity index (χ3v) is 14.9. The van der Waals surface area contributed by atoms with E-state index in [2.05, 4.69) is 76.2 Å². The second kappa shape index (κ2) is 5.73. The summed E-state index contributed by atoms with van der Waals surface area (Å²) in [5.41, 5.74) is 3.11. The third-order valence-electron chi connectivity index (χ3n) is 14.9. The maximum atomic E-state index is 2.85. The van der Waals surface area contributed by atoms with Crippen molar-refractivity contribution in [2.45, 2.75) is 115 Å². The Morgan fingerprint density at radius 2 is 1.50 bits per heavy atom. The summed E-state index contributed by atoms with van der Waals surface area (Å²) in [6, 6.07) is 0. The third kappa shape index (κ3) is 1.72. The summed E-state index contributed by atoms with van der Waals surface area (Å²) in [7, 11) is 0. The van der Waals surface area contributed by atoms with Gasteiger partial charge >= 0.3 is 0 Å². The van der Waals surface area contributed by atoms with Crippen LogP contribution >= 0.6 is 0 Å². The SMILES string of the molecule is CC[C@@H](C)C1(C)[C@@H](C)C[C@]23[C@@H]4C[C@H]5[C@@H](C)C[C@@H](C)[C@@H](C)[C@]5(C)[C@]2(C)CC(C)(C)C13C4. The van der Waals surface area contributed by atoms with Crippen LogP contribution in [0.5, 0.6) is 0 Å². The van der Waals surface area contributed by atoms with Crippen LogP contribution in [0, 0.1) is 73.9 Å². The highest BCUT2D eigenvalue weighted by molar-refractivity contribution is 5.39. The summed E-state index contributed by atoms with van der Waals surface area (Å²) in [5.74, 6) is 6.29. The average Bonchev–Trinajstić information content (AvgIpc) is 2.90. The first-order chi connectivity index (χ1) is 13.7. The van der Waals surface area contributed by atoms with Crippen LogP contribution in [0.3, 0.4) is 0 Å². The second-order valence-electron chi connectivity index (χ2n) is 15.0. The lowest BCUT2D eigenvalue weighted by Crippen LogP contribution is -2.73. The van der Waals surface area contributed by atoms with Crippen LogP contribution in [0.15, 0.2) is 0 Å². The second-order valence-corrected chi connectivity index (χ2v) is 15.0. The molecule has 0 aliphatic heterocycles. The van der Waals surface area contributed by atoms with E-state index >= 15 is 0 Å². The predicted octanol–water partition coefficient (Wildman–Crippen LogP) is 8.85. The molecule has 0 nitrogen and oxygen atoms in total. The Morgan fingerprint density at radius 3 is 2.10 bits per heavy atom. The van der Waals surface area contributed by atoms with Crippen molar-refractivity contribution in [1.82, 2.24) is 0 Å². The van der Waals surface area contributed by atoms with E-state index in [0.29, 0.717) is 32.5 Å². The average molecular weight is 413 g/mol. The van der Waals surface area contributed by atoms with E-state index in [1.807, 2.05) is 0 Å². The van der Waals surface area contributed by atoms with Gasteiger partial charge in [0.15, 0.2) is 0 Å². The topological polar surface area (TPSA) is 0 Å². The lowest BCUT2D eigenvalue weighted by molar-refractivity contribution is -0.313. The molecule has 0 amide bonds. The summed E-state index contributed by atoms with van der Waals surface area (Å²) in [5, 5.41) is 0. The molecule has 0 aromatic rings. The molecule has 2 unspecified atom stereocenters. The zero-order valence-electron chi connectivity index (χ0n) is 22.3. The van der Waals surface area contributed by atoms with Gasteiger partial charge in [-0.3, -0.25) is 0 Å². The van der Waals surface area contributed by atoms with Crippen molar-refractivity contribution in [2.75, 3.05) is 0 Å². The van der Waals surface area contributed by atoms with Gasteiger partial charge < -0.3 is 0 Å². The zero-order valence-corrected chi connectivity index (χ0v) is 22.3. The Balaban J connectivity index is 1.77. The minimum atomic E-state index is 0.461. The van der Waals surface area contributed by atoms with E-state index < -0.39 is 0 Å². The van der Waals surface area contributed by atoms with E-state index in [1.165, 1.54) is 25.7 Å². The van der Waals surface area contributed by atoms with Crippen molar-refractivity contribution in [1.29, 1.82) is 0 Å². The highest BCUT2D eigenvalue weighted by Gasteiger charge is 2.92. The first-order valence-corrected chi connectivity index (χ1v) is 13.7. The largest absolute Gasteiger partial charge is 0.0651 e. The first-order valence-electron chi connectivity index (χ1n) is 13.7. The standard InChI is InChI=1S/C30H52/c1-12-20(4)27(10)21(5)15-29-23-14-24-19(3)13-18(2)22(6)28(24,11)26(29,9)17-25(7,8)30(27,29)16-23/h18-24H,12-17H2,1-11H3/t18-,19+,20-,21+,22-,23-,24+,26+,27?,28+,29+,30?/m1/s1. The van der Waals surface area contributed by atoms with E-state index in [-0.39, 0.29) is 0 Å². The van der Waals surface area contributed by atoms with E-state index in [0.717, 1.165) is 41.4 Å². The summed E-state index contributed by atoms with van der Waals surface area (Å²) in [6.07, 6.45) is 8.91. The molecule has 172 valence electrons. The maximum absolute atomic E-state index is 2.85. The van der Waals surface area contributed by atoms with E-state index in [1.54, 1.807) is 12.8 Å². The highest BCUT2D eigenvalue weighted by Crippen LogP contribution is 2.98. The number of hydrogen-bond acceptors (Lipinski definition) is 0. The van der Waals surface area contributed by atoms with Crippen LogP contribution in [-0.4, -0.2) is 0 Å². The lowest BCUT2D eigenvalue weighted by Gasteiger charge is -2.79. The molecule has 30 heavy (non-hydrogen) atoms. The Bertz CT molecular complexity index is 749. The Morgan fingerprint density at radius 1 is 0.867 bits per heavy atom. The van der Waals surface area contributed by atoms with Crippen LogP contribution in [-0.2, 0) is 0 Å². The monoisotopic (exact) mass is 412 g/mol. The fourth-order valence-electron chi connectivity index (χ4n) is 13.5.